The summed E-state index contributed by atoms with van der Waals surface area (Å²) in [6, 6.07) is 0.592. The number of nitrogens with one attached hydrogen (secondary N) is 1. The lowest BCUT2D eigenvalue weighted by Gasteiger charge is -2.32. The van der Waals surface area contributed by atoms with Gasteiger partial charge in [-0.25, -0.2) is 8.42 Å². The fraction of sp³-hybridized carbons (Fsp3) is 0.938. The minimum absolute atomic E-state index is 0. The fourth-order valence-corrected chi connectivity index (χ4v) is 5.08. The van der Waals surface area contributed by atoms with Gasteiger partial charge in [-0.3, -0.25) is 14.8 Å². The Hall–Kier alpha value is -0.170. The first kappa shape index (κ1) is 22.1. The van der Waals surface area contributed by atoms with Crippen LogP contribution in [0, 0.1) is 0 Å². The van der Waals surface area contributed by atoms with Gasteiger partial charge >= 0.3 is 0 Å². The van der Waals surface area contributed by atoms with Crippen LogP contribution in [0.2, 0.25) is 0 Å². The van der Waals surface area contributed by atoms with Crippen molar-refractivity contribution in [1.29, 1.82) is 0 Å². The monoisotopic (exact) mass is 501 g/mol. The molecule has 0 aliphatic carbocycles. The molecule has 3 fully saturated rings. The number of ether oxygens (including phenoxy) is 1. The van der Waals surface area contributed by atoms with Crippen LogP contribution < -0.4 is 5.32 Å². The van der Waals surface area contributed by atoms with E-state index in [9.17, 15) is 8.42 Å². The zero-order valence-electron chi connectivity index (χ0n) is 15.6. The van der Waals surface area contributed by atoms with Crippen molar-refractivity contribution in [3.05, 3.63) is 0 Å². The van der Waals surface area contributed by atoms with E-state index in [1.54, 1.807) is 0 Å². The third-order valence-electron chi connectivity index (χ3n) is 5.38. The molecule has 0 saturated carbocycles. The van der Waals surface area contributed by atoms with Crippen molar-refractivity contribution >= 4 is 39.8 Å². The number of morpholine rings is 1. The lowest BCUT2D eigenvalue weighted by molar-refractivity contribution is 0.0195. The van der Waals surface area contributed by atoms with Crippen LogP contribution in [0.25, 0.3) is 0 Å². The molecule has 0 aromatic rings. The molecule has 1 atom stereocenters. The second-order valence-corrected chi connectivity index (χ2v) is 9.31. The summed E-state index contributed by atoms with van der Waals surface area (Å²) in [7, 11) is -0.968. The minimum atomic E-state index is -2.80. The topological polar surface area (TPSA) is 77.5 Å². The van der Waals surface area contributed by atoms with Crippen LogP contribution in [0.3, 0.4) is 0 Å². The van der Waals surface area contributed by atoms with Gasteiger partial charge in [0.1, 0.15) is 0 Å². The quantitative estimate of drug-likeness (QED) is 0.311. The molecule has 8 nitrogen and oxygen atoms in total. The summed E-state index contributed by atoms with van der Waals surface area (Å²) in [5.41, 5.74) is 0. The summed E-state index contributed by atoms with van der Waals surface area (Å²) in [6.45, 7) is 8.73. The number of aliphatic imine (C=N–C) groups is 1. The third kappa shape index (κ3) is 6.18. The first-order valence-corrected chi connectivity index (χ1v) is 11.1. The van der Waals surface area contributed by atoms with E-state index in [1.807, 2.05) is 7.05 Å². The maximum atomic E-state index is 11.5. The van der Waals surface area contributed by atoms with Gasteiger partial charge in [0.05, 0.1) is 24.7 Å². The number of guanidine groups is 1. The first-order valence-electron chi connectivity index (χ1n) is 9.27. The minimum Gasteiger partial charge on any atom is -0.379 e. The van der Waals surface area contributed by atoms with Gasteiger partial charge in [-0.1, -0.05) is 0 Å². The normalized spacial score (nSPS) is 28.0. The Morgan fingerprint density at radius 2 is 1.85 bits per heavy atom. The van der Waals surface area contributed by atoms with Gasteiger partial charge in [0.25, 0.3) is 0 Å². The van der Waals surface area contributed by atoms with Crippen molar-refractivity contribution in [2.75, 3.05) is 84.1 Å². The number of sulfone groups is 1. The summed E-state index contributed by atoms with van der Waals surface area (Å²) in [6.07, 6.45) is 1.17. The zero-order valence-corrected chi connectivity index (χ0v) is 18.7. The van der Waals surface area contributed by atoms with Crippen LogP contribution in [-0.2, 0) is 14.6 Å². The highest BCUT2D eigenvalue weighted by atomic mass is 127. The summed E-state index contributed by atoms with van der Waals surface area (Å²) in [4.78, 5) is 11.5. The van der Waals surface area contributed by atoms with Crippen LogP contribution in [0.5, 0.6) is 0 Å². The highest BCUT2D eigenvalue weighted by molar-refractivity contribution is 14.0. The molecular weight excluding hydrogens is 469 g/mol. The Bertz CT molecular complexity index is 554. The van der Waals surface area contributed by atoms with E-state index in [2.05, 4.69) is 25.0 Å². The van der Waals surface area contributed by atoms with E-state index in [1.165, 1.54) is 6.42 Å². The standard InChI is InChI=1S/C16H31N5O3S.HI/c1-17-16(18-3-5-19-8-12-25(22,23)13-9-19)21-4-2-15(14-21)20-6-10-24-11-7-20;/h15H,2-14H2,1H3,(H,17,18);1H. The molecule has 0 aromatic heterocycles. The van der Waals surface area contributed by atoms with Gasteiger partial charge in [-0.15, -0.1) is 24.0 Å². The van der Waals surface area contributed by atoms with Gasteiger partial charge in [-0.2, -0.15) is 0 Å². The van der Waals surface area contributed by atoms with Gasteiger partial charge in [0.15, 0.2) is 15.8 Å². The lowest BCUT2D eigenvalue weighted by Crippen LogP contribution is -2.48. The smallest absolute Gasteiger partial charge is 0.193 e. The van der Waals surface area contributed by atoms with E-state index in [0.29, 0.717) is 19.1 Å². The average Bonchev–Trinajstić information content (AvgIpc) is 3.11. The molecule has 0 radical (unpaired) electrons. The van der Waals surface area contributed by atoms with Crippen molar-refractivity contribution in [2.45, 2.75) is 12.5 Å². The van der Waals surface area contributed by atoms with Crippen LogP contribution in [-0.4, -0.2) is 119 Å². The number of halogens is 1. The maximum absolute atomic E-state index is 11.5. The van der Waals surface area contributed by atoms with Crippen LogP contribution in [0.1, 0.15) is 6.42 Å². The molecule has 0 spiro atoms. The summed E-state index contributed by atoms with van der Waals surface area (Å²) < 4.78 is 28.4. The number of hydrogen-bond acceptors (Lipinski definition) is 6. The molecule has 152 valence electrons. The number of hydrogen-bond donors (Lipinski definition) is 1. The van der Waals surface area contributed by atoms with Crippen LogP contribution in [0.15, 0.2) is 4.99 Å². The molecule has 1 unspecified atom stereocenters. The van der Waals surface area contributed by atoms with E-state index in [-0.39, 0.29) is 35.5 Å². The number of likely N-dealkylation sites (tertiary alicyclic amines) is 1. The fourth-order valence-electron chi connectivity index (χ4n) is 3.81. The Morgan fingerprint density at radius 3 is 2.50 bits per heavy atom. The Balaban J connectivity index is 0.00000243. The predicted molar refractivity (Wildman–Crippen MR) is 114 cm³/mol. The lowest BCUT2D eigenvalue weighted by atomic mass is 10.2. The molecule has 0 aromatic carbocycles. The molecule has 10 heteroatoms. The molecule has 3 aliphatic rings. The molecule has 3 heterocycles. The van der Waals surface area contributed by atoms with Crippen molar-refractivity contribution in [3.8, 4) is 0 Å². The third-order valence-corrected chi connectivity index (χ3v) is 6.99. The van der Waals surface area contributed by atoms with Crippen molar-refractivity contribution < 1.29 is 13.2 Å². The SMILES string of the molecule is CN=C(NCCN1CCS(=O)(=O)CC1)N1CCC(N2CCOCC2)C1.I. The predicted octanol–water partition coefficient (Wildman–Crippen LogP) is -0.683. The summed E-state index contributed by atoms with van der Waals surface area (Å²) in [5, 5.41) is 3.44. The largest absolute Gasteiger partial charge is 0.379 e. The number of rotatable bonds is 4. The van der Waals surface area contributed by atoms with Crippen molar-refractivity contribution in [3.63, 3.8) is 0 Å². The molecule has 3 aliphatic heterocycles. The van der Waals surface area contributed by atoms with E-state index in [0.717, 1.165) is 58.4 Å². The highest BCUT2D eigenvalue weighted by Crippen LogP contribution is 2.17. The second-order valence-electron chi connectivity index (χ2n) is 7.00. The van der Waals surface area contributed by atoms with Crippen LogP contribution >= 0.6 is 24.0 Å². The zero-order chi connectivity index (χ0) is 17.7. The van der Waals surface area contributed by atoms with Gasteiger partial charge in [0.2, 0.25) is 0 Å². The van der Waals surface area contributed by atoms with Gasteiger partial charge < -0.3 is 15.0 Å². The number of nitrogens with zero attached hydrogens (tertiary/aromatic N) is 4. The molecule has 26 heavy (non-hydrogen) atoms. The second kappa shape index (κ2) is 10.4. The van der Waals surface area contributed by atoms with E-state index in [4.69, 9.17) is 4.74 Å². The van der Waals surface area contributed by atoms with E-state index >= 15 is 0 Å². The molecule has 0 amide bonds. The molecular formula is C16H32IN5O3S. The van der Waals surface area contributed by atoms with Crippen molar-refractivity contribution in [2.24, 2.45) is 4.99 Å². The van der Waals surface area contributed by atoms with Crippen LogP contribution in [0.4, 0.5) is 0 Å². The summed E-state index contributed by atoms with van der Waals surface area (Å²) in [5.74, 6) is 1.53. The average molecular weight is 501 g/mol. The Labute approximate surface area is 174 Å². The van der Waals surface area contributed by atoms with E-state index < -0.39 is 9.84 Å². The molecule has 3 saturated heterocycles. The Morgan fingerprint density at radius 1 is 1.15 bits per heavy atom. The molecule has 3 rings (SSSR count). The highest BCUT2D eigenvalue weighted by Gasteiger charge is 2.30. The maximum Gasteiger partial charge on any atom is 0.193 e. The van der Waals surface area contributed by atoms with Crippen molar-refractivity contribution in [1.82, 2.24) is 20.0 Å². The van der Waals surface area contributed by atoms with Gasteiger partial charge in [0, 0.05) is 65.4 Å². The molecule has 1 N–H and O–H groups in total. The molecule has 0 bridgehead atoms. The van der Waals surface area contributed by atoms with Gasteiger partial charge in [-0.05, 0) is 6.42 Å². The summed E-state index contributed by atoms with van der Waals surface area (Å²) >= 11 is 0. The first-order chi connectivity index (χ1) is 12.1. The Kier molecular flexibility index (Phi) is 8.84.